The minimum atomic E-state index is -0.807. The van der Waals surface area contributed by atoms with Gasteiger partial charge >= 0.3 is 0 Å². The smallest absolute Gasteiger partial charge is 0.234 e. The van der Waals surface area contributed by atoms with Gasteiger partial charge in [-0.2, -0.15) is 0 Å². The van der Waals surface area contributed by atoms with Crippen molar-refractivity contribution < 1.29 is 13.6 Å². The van der Waals surface area contributed by atoms with Crippen molar-refractivity contribution in [2.45, 2.75) is 77.4 Å². The number of hydrogen-bond donors (Lipinski definition) is 1. The van der Waals surface area contributed by atoms with Crippen LogP contribution in [0.5, 0.6) is 0 Å². The van der Waals surface area contributed by atoms with E-state index in [1.54, 1.807) is 0 Å². The molecular weight excluding hydrogens is 478 g/mol. The van der Waals surface area contributed by atoms with E-state index in [2.05, 4.69) is 79.0 Å². The number of aromatic nitrogens is 3. The number of carbonyl (C=O) groups excluding carboxylic acids is 1. The van der Waals surface area contributed by atoms with Crippen LogP contribution in [-0.2, 0) is 16.8 Å². The lowest BCUT2D eigenvalue weighted by Crippen LogP contribution is -2.16. The number of carbonyl (C=O) groups is 1. The number of nitrogens with zero attached hydrogens (tertiary/aromatic N) is 3. The van der Waals surface area contributed by atoms with Gasteiger partial charge in [0.2, 0.25) is 5.91 Å². The lowest BCUT2D eigenvalue weighted by Gasteiger charge is -2.19. The molecule has 0 radical (unpaired) electrons. The summed E-state index contributed by atoms with van der Waals surface area (Å²) in [5.74, 6) is -0.677. The molecule has 0 saturated carbocycles. The number of thioether (sulfide) groups is 1. The molecule has 0 aliphatic carbocycles. The molecule has 8 heteroatoms. The molecule has 1 heterocycles. The van der Waals surface area contributed by atoms with Gasteiger partial charge in [0.15, 0.2) is 11.0 Å². The third-order valence-corrected chi connectivity index (χ3v) is 7.03. The summed E-state index contributed by atoms with van der Waals surface area (Å²) in [6.45, 7) is 11.7. The summed E-state index contributed by atoms with van der Waals surface area (Å²) in [4.78, 5) is 12.5. The summed E-state index contributed by atoms with van der Waals surface area (Å²) in [5.41, 5.74) is 2.22. The van der Waals surface area contributed by atoms with E-state index in [1.807, 2.05) is 0 Å². The highest BCUT2D eigenvalue weighted by molar-refractivity contribution is 7.99. The lowest BCUT2D eigenvalue weighted by molar-refractivity contribution is -0.113. The number of nitrogens with one attached hydrogen (secondary N) is 1. The van der Waals surface area contributed by atoms with E-state index in [0.29, 0.717) is 11.1 Å². The number of benzene rings is 2. The molecule has 0 aliphatic heterocycles. The van der Waals surface area contributed by atoms with Crippen LogP contribution in [0.25, 0.3) is 11.4 Å². The SMILES string of the molecule is CCCCC[C@H](C)Cn1c(SCC(=O)Nc2ccc(F)cc2F)nnc1-c1ccc(C(C)(C)C)cc1. The summed E-state index contributed by atoms with van der Waals surface area (Å²) in [7, 11) is 0. The van der Waals surface area contributed by atoms with E-state index in [0.717, 1.165) is 36.5 Å². The van der Waals surface area contributed by atoms with Gasteiger partial charge < -0.3 is 9.88 Å². The van der Waals surface area contributed by atoms with Crippen LogP contribution in [0.15, 0.2) is 47.6 Å². The van der Waals surface area contributed by atoms with Crippen LogP contribution in [0.4, 0.5) is 14.5 Å². The fraction of sp³-hybridized carbons (Fsp3) is 0.464. The second-order valence-electron chi connectivity index (χ2n) is 10.3. The van der Waals surface area contributed by atoms with E-state index in [1.165, 1.54) is 42.7 Å². The molecule has 2 aromatic carbocycles. The molecular formula is C28H36F2N4OS. The van der Waals surface area contributed by atoms with Crippen LogP contribution in [0, 0.1) is 17.6 Å². The number of amides is 1. The Morgan fingerprint density at radius 3 is 2.44 bits per heavy atom. The van der Waals surface area contributed by atoms with Crippen LogP contribution >= 0.6 is 11.8 Å². The van der Waals surface area contributed by atoms with Crippen molar-refractivity contribution in [3.05, 3.63) is 59.7 Å². The zero-order valence-electron chi connectivity index (χ0n) is 21.8. The first kappa shape index (κ1) is 27.8. The van der Waals surface area contributed by atoms with Crippen LogP contribution in [0.3, 0.4) is 0 Å². The van der Waals surface area contributed by atoms with E-state index in [9.17, 15) is 13.6 Å². The third-order valence-electron chi connectivity index (χ3n) is 6.06. The van der Waals surface area contributed by atoms with Gasteiger partial charge in [-0.1, -0.05) is 89.9 Å². The van der Waals surface area contributed by atoms with Crippen molar-refractivity contribution in [2.75, 3.05) is 11.1 Å². The van der Waals surface area contributed by atoms with Crippen molar-refractivity contribution in [3.63, 3.8) is 0 Å². The van der Waals surface area contributed by atoms with Gasteiger partial charge in [0.25, 0.3) is 0 Å². The van der Waals surface area contributed by atoms with E-state index >= 15 is 0 Å². The van der Waals surface area contributed by atoms with Crippen LogP contribution < -0.4 is 5.32 Å². The van der Waals surface area contributed by atoms with Crippen molar-refractivity contribution in [1.29, 1.82) is 0 Å². The van der Waals surface area contributed by atoms with E-state index in [4.69, 9.17) is 0 Å². The maximum Gasteiger partial charge on any atom is 0.234 e. The van der Waals surface area contributed by atoms with Crippen molar-refractivity contribution >= 4 is 23.4 Å². The fourth-order valence-electron chi connectivity index (χ4n) is 3.95. The molecule has 0 bridgehead atoms. The molecule has 0 unspecified atom stereocenters. The average molecular weight is 515 g/mol. The summed E-state index contributed by atoms with van der Waals surface area (Å²) in [6.07, 6.45) is 4.65. The molecule has 0 spiro atoms. The molecule has 3 rings (SSSR count). The number of anilines is 1. The highest BCUT2D eigenvalue weighted by atomic mass is 32.2. The fourth-order valence-corrected chi connectivity index (χ4v) is 4.69. The molecule has 1 atom stereocenters. The minimum Gasteiger partial charge on any atom is -0.323 e. The Morgan fingerprint density at radius 1 is 1.08 bits per heavy atom. The maximum atomic E-state index is 13.9. The molecule has 1 N–H and O–H groups in total. The van der Waals surface area contributed by atoms with Crippen LogP contribution in [0.2, 0.25) is 0 Å². The normalized spacial score (nSPS) is 12.5. The summed E-state index contributed by atoms with van der Waals surface area (Å²) in [6, 6.07) is 11.5. The molecule has 0 saturated heterocycles. The van der Waals surface area contributed by atoms with Gasteiger partial charge in [-0.05, 0) is 35.4 Å². The molecule has 1 amide bonds. The Balaban J connectivity index is 1.78. The average Bonchev–Trinajstić information content (AvgIpc) is 3.21. The van der Waals surface area contributed by atoms with E-state index in [-0.39, 0.29) is 16.9 Å². The summed E-state index contributed by atoms with van der Waals surface area (Å²) in [5, 5.41) is 12.0. The Morgan fingerprint density at radius 2 is 1.81 bits per heavy atom. The summed E-state index contributed by atoms with van der Waals surface area (Å²) < 4.78 is 29.1. The third kappa shape index (κ3) is 7.63. The molecule has 194 valence electrons. The standard InChI is InChI=1S/C28H36F2N4OS/c1-6-7-8-9-19(2)17-34-26(20-10-12-21(13-11-20)28(3,4)5)32-33-27(34)36-18-25(35)31-24-15-14-22(29)16-23(24)30/h10-16,19H,6-9,17-18H2,1-5H3,(H,31,35)/t19-/m0/s1. The monoisotopic (exact) mass is 514 g/mol. The van der Waals surface area contributed by atoms with Gasteiger partial charge in [-0.3, -0.25) is 4.79 Å². The predicted octanol–water partition coefficient (Wildman–Crippen LogP) is 7.47. The second kappa shape index (κ2) is 12.5. The van der Waals surface area contributed by atoms with Crippen molar-refractivity contribution in [2.24, 2.45) is 5.92 Å². The maximum absolute atomic E-state index is 13.9. The van der Waals surface area contributed by atoms with Crippen molar-refractivity contribution in [3.8, 4) is 11.4 Å². The predicted molar refractivity (Wildman–Crippen MR) is 143 cm³/mol. The van der Waals surface area contributed by atoms with Crippen LogP contribution in [-0.4, -0.2) is 26.4 Å². The first-order chi connectivity index (χ1) is 17.1. The largest absolute Gasteiger partial charge is 0.323 e. The molecule has 3 aromatic rings. The Labute approximate surface area is 217 Å². The number of unbranched alkanes of at least 4 members (excludes halogenated alkanes) is 2. The molecule has 1 aromatic heterocycles. The zero-order chi connectivity index (χ0) is 26.3. The molecule has 36 heavy (non-hydrogen) atoms. The van der Waals surface area contributed by atoms with Gasteiger partial charge in [0, 0.05) is 18.2 Å². The lowest BCUT2D eigenvalue weighted by atomic mass is 9.86. The number of rotatable bonds is 11. The highest BCUT2D eigenvalue weighted by Crippen LogP contribution is 2.29. The number of halogens is 2. The summed E-state index contributed by atoms with van der Waals surface area (Å²) >= 11 is 1.26. The second-order valence-corrected chi connectivity index (χ2v) is 11.2. The van der Waals surface area contributed by atoms with Gasteiger partial charge in [0.05, 0.1) is 11.4 Å². The quantitative estimate of drug-likeness (QED) is 0.213. The zero-order valence-corrected chi connectivity index (χ0v) is 22.6. The first-order valence-corrected chi connectivity index (χ1v) is 13.5. The molecule has 0 aliphatic rings. The molecule has 0 fully saturated rings. The Bertz CT molecular complexity index is 1160. The Hall–Kier alpha value is -2.74. The topological polar surface area (TPSA) is 59.8 Å². The van der Waals surface area contributed by atoms with Gasteiger partial charge in [-0.15, -0.1) is 10.2 Å². The van der Waals surface area contributed by atoms with E-state index < -0.39 is 17.5 Å². The molecule has 5 nitrogen and oxygen atoms in total. The Kier molecular flexibility index (Phi) is 9.65. The first-order valence-electron chi connectivity index (χ1n) is 12.5. The van der Waals surface area contributed by atoms with Crippen molar-refractivity contribution in [1.82, 2.24) is 14.8 Å². The van der Waals surface area contributed by atoms with Gasteiger partial charge in [-0.25, -0.2) is 8.78 Å². The van der Waals surface area contributed by atoms with Gasteiger partial charge in [0.1, 0.15) is 11.6 Å². The van der Waals surface area contributed by atoms with Crippen LogP contribution in [0.1, 0.15) is 65.9 Å². The number of hydrogen-bond acceptors (Lipinski definition) is 4. The highest BCUT2D eigenvalue weighted by Gasteiger charge is 2.19. The minimum absolute atomic E-state index is 0.0299.